The van der Waals surface area contributed by atoms with Gasteiger partial charge < -0.3 is 10.2 Å². The zero-order chi connectivity index (χ0) is 23.1. The second kappa shape index (κ2) is 8.74. The van der Waals surface area contributed by atoms with Crippen LogP contribution >= 0.6 is 0 Å². The van der Waals surface area contributed by atoms with E-state index in [0.29, 0.717) is 31.9 Å². The van der Waals surface area contributed by atoms with Crippen LogP contribution in [0.1, 0.15) is 37.8 Å². The largest absolute Gasteiger partial charge is 0.346 e. The molecule has 0 aromatic carbocycles. The smallest absolute Gasteiger partial charge is 0.241 e. The van der Waals surface area contributed by atoms with Gasteiger partial charge in [0.05, 0.1) is 34.8 Å². The molecule has 0 saturated carbocycles. The minimum absolute atomic E-state index is 0.0782. The summed E-state index contributed by atoms with van der Waals surface area (Å²) in [4.78, 5) is 15.7. The second-order valence-corrected chi connectivity index (χ2v) is 8.95. The number of aromatic nitrogens is 4. The molecule has 2 aliphatic rings. The lowest BCUT2D eigenvalue weighted by atomic mass is 9.89. The standard InChI is InChI=1S/C23H26F3N7/c1-13-9-14(3-6-21(25)26)22-18(28-13)5-4-17(29-22)15-7-8-33-20(15)10-27-23(31-33)30-19-12-32(2)11-16(19)24/h4-5,7-8,10,14,16,19,21H,3,6,9,11-12H2,1-2H3,(H,30,31)/t14?,16-,19+/m0/s1. The molecule has 0 bridgehead atoms. The number of nitrogens with zero attached hydrogens (tertiary/aromatic N) is 6. The number of fused-ring (bicyclic) bond motifs is 2. The van der Waals surface area contributed by atoms with Crippen LogP contribution < -0.4 is 5.32 Å². The van der Waals surface area contributed by atoms with Gasteiger partial charge in [0.25, 0.3) is 0 Å². The summed E-state index contributed by atoms with van der Waals surface area (Å²) in [5.41, 5.74) is 4.76. The summed E-state index contributed by atoms with van der Waals surface area (Å²) < 4.78 is 41.5. The number of halogens is 3. The Labute approximate surface area is 189 Å². The van der Waals surface area contributed by atoms with Crippen LogP contribution in [0.15, 0.2) is 35.6 Å². The summed E-state index contributed by atoms with van der Waals surface area (Å²) in [6.45, 7) is 2.90. The van der Waals surface area contributed by atoms with E-state index < -0.39 is 12.6 Å². The van der Waals surface area contributed by atoms with Gasteiger partial charge in [-0.1, -0.05) is 0 Å². The fourth-order valence-corrected chi connectivity index (χ4v) is 4.72. The maximum Gasteiger partial charge on any atom is 0.241 e. The first-order chi connectivity index (χ1) is 15.9. The average Bonchev–Trinajstić information content (AvgIpc) is 3.33. The van der Waals surface area contributed by atoms with Crippen molar-refractivity contribution in [2.24, 2.45) is 4.99 Å². The summed E-state index contributed by atoms with van der Waals surface area (Å²) in [6, 6.07) is 5.33. The van der Waals surface area contributed by atoms with Crippen LogP contribution in [-0.4, -0.2) is 69.0 Å². The number of alkyl halides is 3. The van der Waals surface area contributed by atoms with Crippen LogP contribution in [0.25, 0.3) is 16.8 Å². The van der Waals surface area contributed by atoms with Crippen molar-refractivity contribution < 1.29 is 13.2 Å². The number of hydrogen-bond donors (Lipinski definition) is 1. The van der Waals surface area contributed by atoms with Crippen LogP contribution in [0.5, 0.6) is 0 Å². The molecule has 5 heterocycles. The molecule has 0 aliphatic carbocycles. The highest BCUT2D eigenvalue weighted by Gasteiger charge is 2.31. The fraction of sp³-hybridized carbons (Fsp3) is 0.478. The van der Waals surface area contributed by atoms with Gasteiger partial charge in [-0.3, -0.25) is 9.98 Å². The third-order valence-corrected chi connectivity index (χ3v) is 6.31. The van der Waals surface area contributed by atoms with E-state index in [2.05, 4.69) is 20.4 Å². The first-order valence-electron chi connectivity index (χ1n) is 11.1. The molecule has 2 aliphatic heterocycles. The predicted octanol–water partition coefficient (Wildman–Crippen LogP) is 4.48. The van der Waals surface area contributed by atoms with Crippen molar-refractivity contribution in [1.29, 1.82) is 0 Å². The molecule has 33 heavy (non-hydrogen) atoms. The van der Waals surface area contributed by atoms with Crippen LogP contribution in [0.3, 0.4) is 0 Å². The van der Waals surface area contributed by atoms with Crippen LogP contribution in [0.2, 0.25) is 0 Å². The molecule has 10 heteroatoms. The van der Waals surface area contributed by atoms with Gasteiger partial charge in [-0.25, -0.2) is 22.7 Å². The molecular formula is C23H26F3N7. The zero-order valence-corrected chi connectivity index (χ0v) is 18.5. The average molecular weight is 458 g/mol. The molecule has 3 atom stereocenters. The lowest BCUT2D eigenvalue weighted by Gasteiger charge is -2.23. The van der Waals surface area contributed by atoms with Gasteiger partial charge in [0.2, 0.25) is 12.4 Å². The van der Waals surface area contributed by atoms with Gasteiger partial charge in [0.15, 0.2) is 0 Å². The lowest BCUT2D eigenvalue weighted by molar-refractivity contribution is 0.132. The van der Waals surface area contributed by atoms with E-state index in [1.165, 1.54) is 0 Å². The van der Waals surface area contributed by atoms with Gasteiger partial charge in [0.1, 0.15) is 6.17 Å². The van der Waals surface area contributed by atoms with E-state index in [1.807, 2.05) is 43.3 Å². The summed E-state index contributed by atoms with van der Waals surface area (Å²) in [5, 5.41) is 7.57. The molecule has 3 aromatic rings. The third kappa shape index (κ3) is 4.44. The summed E-state index contributed by atoms with van der Waals surface area (Å²) >= 11 is 0. The van der Waals surface area contributed by atoms with E-state index in [4.69, 9.17) is 4.98 Å². The molecule has 3 aromatic heterocycles. The maximum absolute atomic E-state index is 14.1. The molecule has 7 nitrogen and oxygen atoms in total. The van der Waals surface area contributed by atoms with Gasteiger partial charge in [-0.05, 0) is 45.0 Å². The van der Waals surface area contributed by atoms with Gasteiger partial charge in [-0.15, -0.1) is 5.10 Å². The van der Waals surface area contributed by atoms with E-state index in [0.717, 1.165) is 33.9 Å². The Hall–Kier alpha value is -3.01. The van der Waals surface area contributed by atoms with E-state index in [9.17, 15) is 13.2 Å². The molecule has 0 amide bonds. The molecular weight excluding hydrogens is 431 g/mol. The monoisotopic (exact) mass is 457 g/mol. The number of hydrogen-bond acceptors (Lipinski definition) is 6. The van der Waals surface area contributed by atoms with Gasteiger partial charge in [-0.2, -0.15) is 0 Å². The van der Waals surface area contributed by atoms with Gasteiger partial charge >= 0.3 is 0 Å². The Bertz CT molecular complexity index is 1190. The summed E-state index contributed by atoms with van der Waals surface area (Å²) in [7, 11) is 1.88. The number of aliphatic imine (C=N–C) groups is 1. The van der Waals surface area contributed by atoms with Gasteiger partial charge in [0, 0.05) is 42.9 Å². The van der Waals surface area contributed by atoms with Crippen LogP contribution in [0, 0.1) is 0 Å². The Morgan fingerprint density at radius 3 is 2.82 bits per heavy atom. The normalized spacial score (nSPS) is 23.2. The summed E-state index contributed by atoms with van der Waals surface area (Å²) in [5.74, 6) is 0.286. The highest BCUT2D eigenvalue weighted by Crippen LogP contribution is 2.38. The van der Waals surface area contributed by atoms with E-state index in [1.54, 1.807) is 10.7 Å². The van der Waals surface area contributed by atoms with E-state index >= 15 is 0 Å². The molecule has 174 valence electrons. The predicted molar refractivity (Wildman–Crippen MR) is 121 cm³/mol. The van der Waals surface area contributed by atoms with Crippen molar-refractivity contribution in [3.05, 3.63) is 36.3 Å². The number of likely N-dealkylation sites (N-methyl/N-ethyl adjacent to an activating group) is 1. The minimum Gasteiger partial charge on any atom is -0.346 e. The molecule has 1 N–H and O–H groups in total. The van der Waals surface area contributed by atoms with Crippen LogP contribution in [0.4, 0.5) is 24.8 Å². The summed E-state index contributed by atoms with van der Waals surface area (Å²) in [6.07, 6.45) is 1.04. The Morgan fingerprint density at radius 2 is 2.06 bits per heavy atom. The molecule has 1 saturated heterocycles. The number of anilines is 1. The van der Waals surface area contributed by atoms with Crippen molar-refractivity contribution in [3.63, 3.8) is 0 Å². The SMILES string of the molecule is CC1=Nc2ccc(-c3ccn4nc(N[C@@H]5CN(C)C[C@@H]5F)ncc34)nc2C(CCC(F)F)C1. The number of nitrogens with one attached hydrogen (secondary N) is 1. The maximum atomic E-state index is 14.1. The van der Waals surface area contributed by atoms with Crippen molar-refractivity contribution in [2.45, 2.75) is 50.7 Å². The first kappa shape index (κ1) is 21.8. The molecule has 1 fully saturated rings. The Balaban J connectivity index is 1.43. The van der Waals surface area contributed by atoms with Crippen molar-refractivity contribution in [3.8, 4) is 11.3 Å². The first-order valence-corrected chi connectivity index (χ1v) is 11.1. The molecule has 0 radical (unpaired) electrons. The quantitative estimate of drug-likeness (QED) is 0.591. The van der Waals surface area contributed by atoms with Crippen LogP contribution in [-0.2, 0) is 0 Å². The Morgan fingerprint density at radius 1 is 1.21 bits per heavy atom. The second-order valence-electron chi connectivity index (χ2n) is 8.95. The highest BCUT2D eigenvalue weighted by molar-refractivity contribution is 5.88. The topological polar surface area (TPSA) is 70.7 Å². The molecule has 5 rings (SSSR count). The number of pyridine rings is 1. The number of likely N-dealkylation sites (tertiary alicyclic amines) is 1. The Kier molecular flexibility index (Phi) is 5.77. The van der Waals surface area contributed by atoms with Crippen molar-refractivity contribution in [1.82, 2.24) is 24.5 Å². The molecule has 0 spiro atoms. The third-order valence-electron chi connectivity index (χ3n) is 6.31. The molecule has 1 unspecified atom stereocenters. The van der Waals surface area contributed by atoms with Crippen molar-refractivity contribution in [2.75, 3.05) is 25.5 Å². The zero-order valence-electron chi connectivity index (χ0n) is 18.5. The number of rotatable bonds is 6. The fourth-order valence-electron chi connectivity index (χ4n) is 4.72. The highest BCUT2D eigenvalue weighted by atomic mass is 19.3. The lowest BCUT2D eigenvalue weighted by Crippen LogP contribution is -2.30. The van der Waals surface area contributed by atoms with Crippen molar-refractivity contribution >= 4 is 22.9 Å². The van der Waals surface area contributed by atoms with E-state index in [-0.39, 0.29) is 18.4 Å². The minimum atomic E-state index is -2.33.